The highest BCUT2D eigenvalue weighted by atomic mass is 79.9. The predicted molar refractivity (Wildman–Crippen MR) is 56.2 cm³/mol. The second kappa shape index (κ2) is 4.18. The van der Waals surface area contributed by atoms with E-state index in [9.17, 15) is 8.42 Å². The summed E-state index contributed by atoms with van der Waals surface area (Å²) in [6, 6.07) is 4.68. The van der Waals surface area contributed by atoms with Crippen LogP contribution in [0.15, 0.2) is 22.7 Å². The Morgan fingerprint density at radius 1 is 1.36 bits per heavy atom. The molecule has 0 atom stereocenters. The third-order valence-electron chi connectivity index (χ3n) is 1.37. The smallest absolute Gasteiger partial charge is 0.306 e. The van der Waals surface area contributed by atoms with E-state index in [2.05, 4.69) is 20.1 Å². The van der Waals surface area contributed by atoms with Crippen LogP contribution < -0.4 is 8.92 Å². The minimum Gasteiger partial charge on any atom is -0.495 e. The molecular weight excluding hydrogens is 272 g/mol. The van der Waals surface area contributed by atoms with Crippen molar-refractivity contribution in [2.45, 2.75) is 0 Å². The van der Waals surface area contributed by atoms with Gasteiger partial charge in [0.15, 0.2) is 0 Å². The Labute approximate surface area is 91.1 Å². The molecule has 0 aliphatic rings. The highest BCUT2D eigenvalue weighted by molar-refractivity contribution is 9.10. The summed E-state index contributed by atoms with van der Waals surface area (Å²) in [5.74, 6) is 0.749. The quantitative estimate of drug-likeness (QED) is 0.793. The third-order valence-corrected chi connectivity index (χ3v) is 2.52. The van der Waals surface area contributed by atoms with Crippen LogP contribution in [-0.2, 0) is 10.1 Å². The monoisotopic (exact) mass is 280 g/mol. The Balaban J connectivity index is 3.01. The van der Waals surface area contributed by atoms with E-state index < -0.39 is 10.1 Å². The van der Waals surface area contributed by atoms with Crippen LogP contribution in [0.1, 0.15) is 0 Å². The number of halogens is 1. The lowest BCUT2D eigenvalue weighted by molar-refractivity contribution is 0.409. The van der Waals surface area contributed by atoms with Gasteiger partial charge in [-0.3, -0.25) is 0 Å². The van der Waals surface area contributed by atoms with Gasteiger partial charge in [-0.15, -0.1) is 0 Å². The maximum atomic E-state index is 10.8. The van der Waals surface area contributed by atoms with Gasteiger partial charge in [0.1, 0.15) is 11.5 Å². The Hall–Kier alpha value is -0.750. The molecule has 4 nitrogen and oxygen atoms in total. The first kappa shape index (κ1) is 11.3. The van der Waals surface area contributed by atoms with Gasteiger partial charge in [0.05, 0.1) is 17.8 Å². The number of hydrogen-bond donors (Lipinski definition) is 0. The molecule has 0 aliphatic carbocycles. The lowest BCUT2D eigenvalue weighted by atomic mass is 10.3. The summed E-state index contributed by atoms with van der Waals surface area (Å²) in [5, 5.41) is 0. The fourth-order valence-electron chi connectivity index (χ4n) is 0.867. The summed E-state index contributed by atoms with van der Waals surface area (Å²) < 4.78 is 32.0. The van der Waals surface area contributed by atoms with Crippen molar-refractivity contribution in [3.05, 3.63) is 22.7 Å². The summed E-state index contributed by atoms with van der Waals surface area (Å²) in [6.07, 6.45) is 0.988. The van der Waals surface area contributed by atoms with E-state index >= 15 is 0 Å². The Kier molecular flexibility index (Phi) is 3.38. The van der Waals surface area contributed by atoms with Crippen molar-refractivity contribution in [3.8, 4) is 11.5 Å². The van der Waals surface area contributed by atoms with Crippen LogP contribution in [0.4, 0.5) is 0 Å². The zero-order chi connectivity index (χ0) is 10.8. The molecule has 0 aliphatic heterocycles. The van der Waals surface area contributed by atoms with Crippen LogP contribution in [-0.4, -0.2) is 21.8 Å². The first-order valence-electron chi connectivity index (χ1n) is 3.65. The highest BCUT2D eigenvalue weighted by Crippen LogP contribution is 2.29. The third kappa shape index (κ3) is 3.19. The van der Waals surface area contributed by atoms with Crippen molar-refractivity contribution in [2.75, 3.05) is 13.4 Å². The Morgan fingerprint density at radius 3 is 2.50 bits per heavy atom. The largest absolute Gasteiger partial charge is 0.495 e. The van der Waals surface area contributed by atoms with Crippen molar-refractivity contribution >= 4 is 26.0 Å². The minimum atomic E-state index is -3.49. The molecule has 0 saturated carbocycles. The summed E-state index contributed by atoms with van der Waals surface area (Å²) in [5.41, 5.74) is 0. The van der Waals surface area contributed by atoms with Crippen LogP contribution in [0.3, 0.4) is 0 Å². The van der Waals surface area contributed by atoms with Crippen molar-refractivity contribution < 1.29 is 17.3 Å². The van der Waals surface area contributed by atoms with Crippen LogP contribution >= 0.6 is 15.9 Å². The molecule has 0 saturated heterocycles. The molecule has 0 unspecified atom stereocenters. The molecule has 0 fully saturated rings. The van der Waals surface area contributed by atoms with Crippen LogP contribution in [0.25, 0.3) is 0 Å². The van der Waals surface area contributed by atoms with E-state index in [1.807, 2.05) is 0 Å². The van der Waals surface area contributed by atoms with E-state index in [1.165, 1.54) is 19.2 Å². The maximum Gasteiger partial charge on any atom is 0.306 e. The molecule has 0 bridgehead atoms. The molecule has 78 valence electrons. The zero-order valence-corrected chi connectivity index (χ0v) is 10.1. The average Bonchev–Trinajstić information content (AvgIpc) is 2.06. The van der Waals surface area contributed by atoms with E-state index in [4.69, 9.17) is 4.74 Å². The van der Waals surface area contributed by atoms with Gasteiger partial charge >= 0.3 is 10.1 Å². The normalized spacial score (nSPS) is 11.1. The van der Waals surface area contributed by atoms with Crippen molar-refractivity contribution in [1.29, 1.82) is 0 Å². The second-order valence-electron chi connectivity index (χ2n) is 2.58. The van der Waals surface area contributed by atoms with Gasteiger partial charge in [0.25, 0.3) is 0 Å². The molecule has 0 N–H and O–H groups in total. The predicted octanol–water partition coefficient (Wildman–Crippen LogP) is 1.80. The molecule has 0 radical (unpaired) electrons. The SMILES string of the molecule is COc1cc(OS(C)(=O)=O)ccc1Br. The van der Waals surface area contributed by atoms with Gasteiger partial charge in [-0.25, -0.2) is 0 Å². The van der Waals surface area contributed by atoms with Crippen molar-refractivity contribution in [2.24, 2.45) is 0 Å². The Morgan fingerprint density at radius 2 is 2.00 bits per heavy atom. The van der Waals surface area contributed by atoms with Crippen LogP contribution in [0.2, 0.25) is 0 Å². The molecule has 6 heteroatoms. The maximum absolute atomic E-state index is 10.8. The first-order valence-corrected chi connectivity index (χ1v) is 6.26. The van der Waals surface area contributed by atoms with E-state index in [-0.39, 0.29) is 5.75 Å². The average molecular weight is 281 g/mol. The molecule has 0 spiro atoms. The Bertz CT molecular complexity index is 427. The summed E-state index contributed by atoms with van der Waals surface area (Å²) in [4.78, 5) is 0. The lowest BCUT2D eigenvalue weighted by Crippen LogP contribution is -2.05. The lowest BCUT2D eigenvalue weighted by Gasteiger charge is -2.06. The zero-order valence-electron chi connectivity index (χ0n) is 7.65. The molecule has 1 aromatic rings. The van der Waals surface area contributed by atoms with Gasteiger partial charge in [-0.2, -0.15) is 8.42 Å². The van der Waals surface area contributed by atoms with Crippen molar-refractivity contribution in [1.82, 2.24) is 0 Å². The van der Waals surface area contributed by atoms with Gasteiger partial charge in [0.2, 0.25) is 0 Å². The van der Waals surface area contributed by atoms with Gasteiger partial charge in [-0.1, -0.05) is 0 Å². The van der Waals surface area contributed by atoms with Crippen molar-refractivity contribution in [3.63, 3.8) is 0 Å². The van der Waals surface area contributed by atoms with Crippen LogP contribution in [0, 0.1) is 0 Å². The molecule has 1 rings (SSSR count). The number of benzene rings is 1. The number of methoxy groups -OCH3 is 1. The van der Waals surface area contributed by atoms with E-state index in [0.717, 1.165) is 10.7 Å². The fraction of sp³-hybridized carbons (Fsp3) is 0.250. The molecule has 0 amide bonds. The molecule has 14 heavy (non-hydrogen) atoms. The summed E-state index contributed by atoms with van der Waals surface area (Å²) in [7, 11) is -2.00. The molecule has 0 aromatic heterocycles. The van der Waals surface area contributed by atoms with E-state index in [0.29, 0.717) is 5.75 Å². The number of ether oxygens (including phenoxy) is 1. The number of rotatable bonds is 3. The second-order valence-corrected chi connectivity index (χ2v) is 5.01. The summed E-state index contributed by atoms with van der Waals surface area (Å²) in [6.45, 7) is 0. The van der Waals surface area contributed by atoms with Gasteiger partial charge in [0, 0.05) is 6.07 Å². The van der Waals surface area contributed by atoms with Gasteiger partial charge in [-0.05, 0) is 28.1 Å². The van der Waals surface area contributed by atoms with Gasteiger partial charge < -0.3 is 8.92 Å². The molecule has 1 aromatic carbocycles. The first-order chi connectivity index (χ1) is 6.42. The highest BCUT2D eigenvalue weighted by Gasteiger charge is 2.07. The van der Waals surface area contributed by atoms with Crippen LogP contribution in [0.5, 0.6) is 11.5 Å². The fourth-order valence-corrected chi connectivity index (χ4v) is 1.73. The summed E-state index contributed by atoms with van der Waals surface area (Å²) >= 11 is 3.24. The molecular formula is C8H9BrO4S. The standard InChI is InChI=1S/C8H9BrO4S/c1-12-8-5-6(3-4-7(8)9)13-14(2,10)11/h3-5H,1-2H3. The minimum absolute atomic E-state index is 0.229. The number of hydrogen-bond acceptors (Lipinski definition) is 4. The molecule has 0 heterocycles. The van der Waals surface area contributed by atoms with E-state index in [1.54, 1.807) is 6.07 Å². The topological polar surface area (TPSA) is 52.6 Å².